The van der Waals surface area contributed by atoms with Gasteiger partial charge in [-0.05, 0) is 30.0 Å². The van der Waals surface area contributed by atoms with E-state index in [1.54, 1.807) is 4.90 Å². The van der Waals surface area contributed by atoms with Gasteiger partial charge in [-0.15, -0.1) is 0 Å². The predicted octanol–water partition coefficient (Wildman–Crippen LogP) is 4.22. The van der Waals surface area contributed by atoms with E-state index in [2.05, 4.69) is 41.1 Å². The highest BCUT2D eigenvalue weighted by Gasteiger charge is 2.21. The average molecular weight is 310 g/mol. The van der Waals surface area contributed by atoms with Crippen molar-refractivity contribution < 1.29 is 4.79 Å². The third-order valence-electron chi connectivity index (χ3n) is 3.62. The maximum Gasteiger partial charge on any atom is 0.227 e. The Bertz CT molecular complexity index is 444. The highest BCUT2D eigenvalue weighted by Crippen LogP contribution is 2.34. The summed E-state index contributed by atoms with van der Waals surface area (Å²) in [6.07, 6.45) is 5.15. The molecule has 3 heteroatoms. The molecule has 0 N–H and O–H groups in total. The van der Waals surface area contributed by atoms with Gasteiger partial charge in [0, 0.05) is 24.0 Å². The van der Waals surface area contributed by atoms with E-state index >= 15 is 0 Å². The largest absolute Gasteiger partial charge is 0.315 e. The molecule has 1 heterocycles. The Balaban J connectivity index is 2.20. The van der Waals surface area contributed by atoms with Gasteiger partial charge in [0.1, 0.15) is 0 Å². The van der Waals surface area contributed by atoms with E-state index in [4.69, 9.17) is 0 Å². The molecule has 1 aliphatic heterocycles. The highest BCUT2D eigenvalue weighted by molar-refractivity contribution is 9.09. The fraction of sp³-hybridized carbons (Fsp3) is 0.533. The van der Waals surface area contributed by atoms with Gasteiger partial charge in [-0.1, -0.05) is 47.8 Å². The number of aryl methyl sites for hydroxylation is 1. The van der Waals surface area contributed by atoms with Gasteiger partial charge in [-0.2, -0.15) is 0 Å². The number of anilines is 1. The number of halogens is 1. The first-order valence-corrected chi connectivity index (χ1v) is 7.58. The first kappa shape index (κ1) is 13.6. The molecule has 0 spiro atoms. The zero-order valence-corrected chi connectivity index (χ0v) is 12.7. The van der Waals surface area contributed by atoms with Gasteiger partial charge in [-0.25, -0.2) is 0 Å². The van der Waals surface area contributed by atoms with Crippen LogP contribution in [0.15, 0.2) is 18.2 Å². The lowest BCUT2D eigenvalue weighted by Gasteiger charge is -2.26. The molecule has 1 aromatic carbocycles. The third-order valence-corrected chi connectivity index (χ3v) is 4.61. The molecule has 18 heavy (non-hydrogen) atoms. The van der Waals surface area contributed by atoms with Gasteiger partial charge in [0.05, 0.1) is 0 Å². The summed E-state index contributed by atoms with van der Waals surface area (Å²) in [4.78, 5) is 13.8. The molecule has 0 fully saturated rings. The van der Waals surface area contributed by atoms with Crippen molar-refractivity contribution in [3.8, 4) is 0 Å². The third kappa shape index (κ3) is 2.77. The summed E-state index contributed by atoms with van der Waals surface area (Å²) >= 11 is 3.76. The number of amides is 1. The lowest BCUT2D eigenvalue weighted by molar-refractivity contribution is -0.118. The van der Waals surface area contributed by atoms with Gasteiger partial charge in [0.2, 0.25) is 5.91 Å². The molecule has 0 saturated heterocycles. The van der Waals surface area contributed by atoms with Crippen molar-refractivity contribution in [3.63, 3.8) is 0 Å². The molecule has 0 saturated carbocycles. The van der Waals surface area contributed by atoms with Gasteiger partial charge >= 0.3 is 0 Å². The zero-order chi connectivity index (χ0) is 13.1. The van der Waals surface area contributed by atoms with E-state index in [0.29, 0.717) is 11.2 Å². The predicted molar refractivity (Wildman–Crippen MR) is 79.4 cm³/mol. The first-order valence-electron chi connectivity index (χ1n) is 6.67. The van der Waals surface area contributed by atoms with Crippen LogP contribution < -0.4 is 4.90 Å². The second-order valence-corrected chi connectivity index (χ2v) is 6.06. The number of nitrogens with zero attached hydrogens (tertiary/aromatic N) is 1. The van der Waals surface area contributed by atoms with E-state index in [1.807, 2.05) is 7.05 Å². The lowest BCUT2D eigenvalue weighted by atomic mass is 9.97. The number of rotatable bonds is 4. The smallest absolute Gasteiger partial charge is 0.227 e. The summed E-state index contributed by atoms with van der Waals surface area (Å²) in [5, 5.41) is 0. The number of carbonyl (C=O) groups is 1. The minimum atomic E-state index is 0.219. The Morgan fingerprint density at radius 3 is 2.89 bits per heavy atom. The molecule has 1 aromatic rings. The zero-order valence-electron chi connectivity index (χ0n) is 11.1. The summed E-state index contributed by atoms with van der Waals surface area (Å²) in [6.45, 7) is 2.22. The maximum absolute atomic E-state index is 11.6. The van der Waals surface area contributed by atoms with Crippen molar-refractivity contribution in [3.05, 3.63) is 29.3 Å². The fourth-order valence-electron chi connectivity index (χ4n) is 2.42. The average Bonchev–Trinajstić information content (AvgIpc) is 2.40. The van der Waals surface area contributed by atoms with Gasteiger partial charge in [0.15, 0.2) is 0 Å². The SMILES string of the molecule is CCCCC(Br)c1ccc2c(c1)CCC(=O)N2C. The van der Waals surface area contributed by atoms with E-state index < -0.39 is 0 Å². The summed E-state index contributed by atoms with van der Waals surface area (Å²) in [7, 11) is 1.86. The Kier molecular flexibility index (Phi) is 4.44. The summed E-state index contributed by atoms with van der Waals surface area (Å²) in [5.74, 6) is 0.219. The van der Waals surface area contributed by atoms with Crippen LogP contribution in [0.5, 0.6) is 0 Å². The van der Waals surface area contributed by atoms with Crippen molar-refractivity contribution in [2.75, 3.05) is 11.9 Å². The molecule has 98 valence electrons. The Hall–Kier alpha value is -0.830. The van der Waals surface area contributed by atoms with Gasteiger partial charge in [-0.3, -0.25) is 4.79 Å². The molecule has 2 nitrogen and oxygen atoms in total. The van der Waals surface area contributed by atoms with Crippen molar-refractivity contribution in [2.45, 2.75) is 43.9 Å². The second-order valence-electron chi connectivity index (χ2n) is 4.95. The molecule has 0 radical (unpaired) electrons. The van der Waals surface area contributed by atoms with E-state index in [1.165, 1.54) is 30.4 Å². The van der Waals surface area contributed by atoms with Crippen LogP contribution in [0.1, 0.15) is 48.6 Å². The van der Waals surface area contributed by atoms with Crippen molar-refractivity contribution in [1.82, 2.24) is 0 Å². The number of hydrogen-bond donors (Lipinski definition) is 0. The van der Waals surface area contributed by atoms with E-state index in [0.717, 1.165) is 12.1 Å². The fourth-order valence-corrected chi connectivity index (χ4v) is 3.03. The van der Waals surface area contributed by atoms with Crippen LogP contribution >= 0.6 is 15.9 Å². The number of benzene rings is 1. The van der Waals surface area contributed by atoms with Crippen LogP contribution in [0.4, 0.5) is 5.69 Å². The van der Waals surface area contributed by atoms with Crippen molar-refractivity contribution in [2.24, 2.45) is 0 Å². The summed E-state index contributed by atoms with van der Waals surface area (Å²) in [5.41, 5.74) is 3.71. The van der Waals surface area contributed by atoms with E-state index in [9.17, 15) is 4.79 Å². The molecular weight excluding hydrogens is 290 g/mol. The van der Waals surface area contributed by atoms with Crippen LogP contribution in [0.2, 0.25) is 0 Å². The number of carbonyl (C=O) groups excluding carboxylic acids is 1. The van der Waals surface area contributed by atoms with Crippen LogP contribution in [-0.4, -0.2) is 13.0 Å². The molecule has 1 atom stereocenters. The Morgan fingerprint density at radius 2 is 2.17 bits per heavy atom. The molecule has 2 rings (SSSR count). The van der Waals surface area contributed by atoms with Gasteiger partial charge in [0.25, 0.3) is 0 Å². The number of hydrogen-bond acceptors (Lipinski definition) is 1. The monoisotopic (exact) mass is 309 g/mol. The molecule has 0 aliphatic carbocycles. The normalized spacial score (nSPS) is 16.6. The van der Waals surface area contributed by atoms with Crippen molar-refractivity contribution >= 4 is 27.5 Å². The summed E-state index contributed by atoms with van der Waals surface area (Å²) < 4.78 is 0. The Morgan fingerprint density at radius 1 is 1.39 bits per heavy atom. The summed E-state index contributed by atoms with van der Waals surface area (Å²) in [6, 6.07) is 6.48. The quantitative estimate of drug-likeness (QED) is 0.762. The van der Waals surface area contributed by atoms with Crippen LogP contribution in [0.25, 0.3) is 0 Å². The maximum atomic E-state index is 11.6. The topological polar surface area (TPSA) is 20.3 Å². The molecule has 0 bridgehead atoms. The minimum Gasteiger partial charge on any atom is -0.315 e. The van der Waals surface area contributed by atoms with Crippen LogP contribution in [0, 0.1) is 0 Å². The van der Waals surface area contributed by atoms with Crippen LogP contribution in [-0.2, 0) is 11.2 Å². The molecule has 1 amide bonds. The van der Waals surface area contributed by atoms with Crippen molar-refractivity contribution in [1.29, 1.82) is 0 Å². The molecule has 0 aromatic heterocycles. The minimum absolute atomic E-state index is 0.219. The first-order chi connectivity index (χ1) is 8.63. The lowest BCUT2D eigenvalue weighted by Crippen LogP contribution is -2.31. The molecule has 1 unspecified atom stereocenters. The van der Waals surface area contributed by atoms with Crippen LogP contribution in [0.3, 0.4) is 0 Å². The number of alkyl halides is 1. The number of fused-ring (bicyclic) bond motifs is 1. The standard InChI is InChI=1S/C15H20BrNO/c1-3-4-5-13(16)11-6-8-14-12(10-11)7-9-15(18)17(14)2/h6,8,10,13H,3-5,7,9H2,1-2H3. The van der Waals surface area contributed by atoms with E-state index in [-0.39, 0.29) is 5.91 Å². The number of unbranched alkanes of at least 4 members (excludes halogenated alkanes) is 1. The second kappa shape index (κ2) is 5.87. The Labute approximate surface area is 117 Å². The van der Waals surface area contributed by atoms with Gasteiger partial charge < -0.3 is 4.90 Å². The molecule has 1 aliphatic rings. The highest BCUT2D eigenvalue weighted by atomic mass is 79.9. The molecular formula is C15H20BrNO.